The minimum Gasteiger partial charge on any atom is -0.460 e. The summed E-state index contributed by atoms with van der Waals surface area (Å²) in [6.45, 7) is 10.6. The molecule has 0 saturated heterocycles. The van der Waals surface area contributed by atoms with Gasteiger partial charge in [-0.2, -0.15) is 0 Å². The molecule has 3 heteroatoms. The van der Waals surface area contributed by atoms with Crippen LogP contribution >= 0.6 is 0 Å². The summed E-state index contributed by atoms with van der Waals surface area (Å²) in [5.74, 6) is 0.399. The molecule has 0 aliphatic heterocycles. The van der Waals surface area contributed by atoms with Crippen molar-refractivity contribution in [1.29, 1.82) is 0 Å². The third kappa shape index (κ3) is 5.38. The molecular weight excluding hydrogens is 228 g/mol. The van der Waals surface area contributed by atoms with Gasteiger partial charge in [0, 0.05) is 6.92 Å². The molecule has 3 atom stereocenters. The van der Waals surface area contributed by atoms with Crippen molar-refractivity contribution in [3.63, 3.8) is 0 Å². The van der Waals surface area contributed by atoms with Crippen molar-refractivity contribution in [3.05, 3.63) is 0 Å². The van der Waals surface area contributed by atoms with Crippen molar-refractivity contribution >= 4 is 5.97 Å². The lowest BCUT2D eigenvalue weighted by Crippen LogP contribution is -2.32. The summed E-state index contributed by atoms with van der Waals surface area (Å²) in [5.41, 5.74) is 0.446. The number of rotatable bonds is 5. The fourth-order valence-electron chi connectivity index (χ4n) is 2.90. The van der Waals surface area contributed by atoms with E-state index < -0.39 is 0 Å². The maximum atomic E-state index is 10.8. The van der Waals surface area contributed by atoms with Gasteiger partial charge in [-0.15, -0.1) is 0 Å². The van der Waals surface area contributed by atoms with Gasteiger partial charge in [-0.05, 0) is 44.4 Å². The van der Waals surface area contributed by atoms with Crippen LogP contribution < -0.4 is 0 Å². The van der Waals surface area contributed by atoms with Gasteiger partial charge >= 0.3 is 5.97 Å². The maximum Gasteiger partial charge on any atom is 0.302 e. The molecule has 3 unspecified atom stereocenters. The van der Waals surface area contributed by atoms with E-state index in [1.807, 2.05) is 6.92 Å². The number of hydrogen-bond donors (Lipinski definition) is 0. The van der Waals surface area contributed by atoms with Gasteiger partial charge in [0.1, 0.15) is 6.10 Å². The lowest BCUT2D eigenvalue weighted by molar-refractivity contribution is -0.150. The molecule has 18 heavy (non-hydrogen) atoms. The van der Waals surface area contributed by atoms with Crippen LogP contribution in [-0.4, -0.2) is 24.8 Å². The second kappa shape index (κ2) is 6.55. The Morgan fingerprint density at radius 1 is 1.39 bits per heavy atom. The first-order chi connectivity index (χ1) is 8.30. The summed E-state index contributed by atoms with van der Waals surface area (Å²) in [6, 6.07) is 0. The fraction of sp³-hybridized carbons (Fsp3) is 0.933. The zero-order valence-corrected chi connectivity index (χ0v) is 12.5. The zero-order valence-electron chi connectivity index (χ0n) is 12.5. The highest BCUT2D eigenvalue weighted by molar-refractivity contribution is 5.66. The number of hydrogen-bond acceptors (Lipinski definition) is 3. The molecule has 1 saturated carbocycles. The second-order valence-electron chi connectivity index (χ2n) is 6.48. The van der Waals surface area contributed by atoms with Crippen molar-refractivity contribution in [2.24, 2.45) is 11.3 Å². The molecule has 0 bridgehead atoms. The summed E-state index contributed by atoms with van der Waals surface area (Å²) >= 11 is 0. The van der Waals surface area contributed by atoms with E-state index in [1.54, 1.807) is 0 Å². The van der Waals surface area contributed by atoms with E-state index >= 15 is 0 Å². The van der Waals surface area contributed by atoms with Crippen LogP contribution in [0.1, 0.15) is 60.3 Å². The Kier molecular flexibility index (Phi) is 5.64. The standard InChI is InChI=1S/C15H28O3/c1-11(18-13(3)16)10-17-12(2)14-7-6-8-15(4,5)9-14/h11-12,14H,6-10H2,1-5H3. The van der Waals surface area contributed by atoms with E-state index in [4.69, 9.17) is 9.47 Å². The lowest BCUT2D eigenvalue weighted by atomic mass is 9.71. The Morgan fingerprint density at radius 3 is 2.61 bits per heavy atom. The number of ether oxygens (including phenoxy) is 2. The summed E-state index contributed by atoms with van der Waals surface area (Å²) in [7, 11) is 0. The molecule has 0 heterocycles. The molecule has 0 spiro atoms. The van der Waals surface area contributed by atoms with Crippen molar-refractivity contribution in [2.75, 3.05) is 6.61 Å². The Morgan fingerprint density at radius 2 is 2.06 bits per heavy atom. The molecule has 0 N–H and O–H groups in total. The van der Waals surface area contributed by atoms with Crippen LogP contribution in [-0.2, 0) is 14.3 Å². The summed E-state index contributed by atoms with van der Waals surface area (Å²) in [5, 5.41) is 0. The molecule has 106 valence electrons. The highest BCUT2D eigenvalue weighted by Gasteiger charge is 2.31. The first-order valence-electron chi connectivity index (χ1n) is 7.09. The van der Waals surface area contributed by atoms with Gasteiger partial charge in [-0.3, -0.25) is 4.79 Å². The van der Waals surface area contributed by atoms with Gasteiger partial charge < -0.3 is 9.47 Å². The minimum atomic E-state index is -0.238. The molecule has 0 aromatic heterocycles. The van der Waals surface area contributed by atoms with Crippen molar-refractivity contribution in [2.45, 2.75) is 72.5 Å². The molecule has 0 amide bonds. The van der Waals surface area contributed by atoms with Crippen molar-refractivity contribution < 1.29 is 14.3 Å². The van der Waals surface area contributed by atoms with Gasteiger partial charge in [-0.1, -0.05) is 20.3 Å². The lowest BCUT2D eigenvalue weighted by Gasteiger charge is -2.38. The first-order valence-corrected chi connectivity index (χ1v) is 7.09. The van der Waals surface area contributed by atoms with E-state index in [0.29, 0.717) is 17.9 Å². The van der Waals surface area contributed by atoms with Gasteiger partial charge in [-0.25, -0.2) is 0 Å². The van der Waals surface area contributed by atoms with Gasteiger partial charge in [0.15, 0.2) is 0 Å². The van der Waals surface area contributed by atoms with Crippen molar-refractivity contribution in [3.8, 4) is 0 Å². The van der Waals surface area contributed by atoms with Crippen LogP contribution in [0.3, 0.4) is 0 Å². The number of carbonyl (C=O) groups is 1. The van der Waals surface area contributed by atoms with Crippen LogP contribution in [0.25, 0.3) is 0 Å². The van der Waals surface area contributed by atoms with Gasteiger partial charge in [0.05, 0.1) is 12.7 Å². The molecule has 1 rings (SSSR count). The Balaban J connectivity index is 2.31. The minimum absolute atomic E-state index is 0.151. The van der Waals surface area contributed by atoms with Crippen LogP contribution in [0.15, 0.2) is 0 Å². The van der Waals surface area contributed by atoms with E-state index in [2.05, 4.69) is 20.8 Å². The van der Waals surface area contributed by atoms with Crippen LogP contribution in [0, 0.1) is 11.3 Å². The molecule has 1 aliphatic carbocycles. The van der Waals surface area contributed by atoms with Gasteiger partial charge in [0.2, 0.25) is 0 Å². The second-order valence-corrected chi connectivity index (χ2v) is 6.48. The highest BCUT2D eigenvalue weighted by Crippen LogP contribution is 2.40. The van der Waals surface area contributed by atoms with Gasteiger partial charge in [0.25, 0.3) is 0 Å². The summed E-state index contributed by atoms with van der Waals surface area (Å²) in [4.78, 5) is 10.8. The van der Waals surface area contributed by atoms with E-state index in [0.717, 1.165) is 0 Å². The average Bonchev–Trinajstić information content (AvgIpc) is 2.23. The third-order valence-corrected chi connectivity index (χ3v) is 3.87. The monoisotopic (exact) mass is 256 g/mol. The predicted molar refractivity (Wildman–Crippen MR) is 72.4 cm³/mol. The van der Waals surface area contributed by atoms with Crippen molar-refractivity contribution in [1.82, 2.24) is 0 Å². The first kappa shape index (κ1) is 15.5. The topological polar surface area (TPSA) is 35.5 Å². The number of esters is 1. The maximum absolute atomic E-state index is 10.8. The summed E-state index contributed by atoms with van der Waals surface area (Å²) < 4.78 is 10.9. The third-order valence-electron chi connectivity index (χ3n) is 3.87. The molecule has 0 aromatic carbocycles. The Hall–Kier alpha value is -0.570. The number of carbonyl (C=O) groups excluding carboxylic acids is 1. The largest absolute Gasteiger partial charge is 0.460 e. The zero-order chi connectivity index (χ0) is 13.8. The molecule has 0 radical (unpaired) electrons. The predicted octanol–water partition coefficient (Wildman–Crippen LogP) is 3.56. The smallest absolute Gasteiger partial charge is 0.302 e. The Labute approximate surface area is 111 Å². The molecule has 1 fully saturated rings. The van der Waals surface area contributed by atoms with Crippen LogP contribution in [0.5, 0.6) is 0 Å². The quantitative estimate of drug-likeness (QED) is 0.706. The normalized spacial score (nSPS) is 26.4. The highest BCUT2D eigenvalue weighted by atomic mass is 16.6. The summed E-state index contributed by atoms with van der Waals surface area (Å²) in [6.07, 6.45) is 5.21. The molecular formula is C15H28O3. The van der Waals surface area contributed by atoms with Crippen LogP contribution in [0.2, 0.25) is 0 Å². The molecule has 3 nitrogen and oxygen atoms in total. The molecule has 0 aromatic rings. The fourth-order valence-corrected chi connectivity index (χ4v) is 2.90. The van der Waals surface area contributed by atoms with Crippen LogP contribution in [0.4, 0.5) is 0 Å². The van der Waals surface area contributed by atoms with E-state index in [1.165, 1.54) is 32.6 Å². The van der Waals surface area contributed by atoms with E-state index in [-0.39, 0.29) is 18.2 Å². The average molecular weight is 256 g/mol. The Bertz CT molecular complexity index is 273. The SMILES string of the molecule is CC(=O)OC(C)COC(C)C1CCCC(C)(C)C1. The van der Waals surface area contributed by atoms with E-state index in [9.17, 15) is 4.79 Å². The molecule has 1 aliphatic rings.